The number of ether oxygens (including phenoxy) is 2. The maximum absolute atomic E-state index is 12.7. The minimum atomic E-state index is -4.73. The molecule has 0 aromatic heterocycles. The lowest BCUT2D eigenvalue weighted by molar-refractivity contribution is -0.161. The number of allylic oxidation sites excluding steroid dienone is 8. The number of hydrogen-bond donors (Lipinski definition) is 3. The van der Waals surface area contributed by atoms with Crippen molar-refractivity contribution in [3.63, 3.8) is 0 Å². The van der Waals surface area contributed by atoms with Crippen molar-refractivity contribution in [2.75, 3.05) is 19.8 Å². The lowest BCUT2D eigenvalue weighted by Crippen LogP contribution is -2.34. The zero-order valence-electron chi connectivity index (χ0n) is 37.8. The first kappa shape index (κ1) is 57.4. The third-order valence-electron chi connectivity index (χ3n) is 10.1. The largest absolute Gasteiger partial charge is 0.480 e. The molecule has 0 rings (SSSR count). The van der Waals surface area contributed by atoms with Gasteiger partial charge in [0.25, 0.3) is 0 Å². The van der Waals surface area contributed by atoms with Gasteiger partial charge in [0.2, 0.25) is 0 Å². The van der Waals surface area contributed by atoms with Gasteiger partial charge >= 0.3 is 25.7 Å². The fourth-order valence-electron chi connectivity index (χ4n) is 6.34. The summed E-state index contributed by atoms with van der Waals surface area (Å²) in [6.07, 6.45) is 48.8. The first-order chi connectivity index (χ1) is 29.1. The highest BCUT2D eigenvalue weighted by Crippen LogP contribution is 2.43. The van der Waals surface area contributed by atoms with E-state index in [1.54, 1.807) is 0 Å². The third-order valence-corrected chi connectivity index (χ3v) is 11.0. The highest BCUT2D eigenvalue weighted by molar-refractivity contribution is 7.47. The molecule has 0 saturated carbocycles. The monoisotopic (exact) mass is 868 g/mol. The van der Waals surface area contributed by atoms with E-state index in [0.717, 1.165) is 57.8 Å². The second-order valence-corrected chi connectivity index (χ2v) is 17.3. The average molecular weight is 868 g/mol. The molecule has 0 bridgehead atoms. The number of carbonyl (C=O) groups excluding carboxylic acids is 2. The van der Waals surface area contributed by atoms with Crippen molar-refractivity contribution in [3.05, 3.63) is 48.6 Å². The SMILES string of the molecule is CCCCC/C=C\C/C=C\C/C=C\C/C=C\CCCCCC(=O)OC[C@H](COP(=O)(O)OC[C@H](N)C(=O)O)OC(=O)CCCCCCCCCCCCCCCCCCC. The second kappa shape index (κ2) is 43.1. The number of rotatable bonds is 44. The summed E-state index contributed by atoms with van der Waals surface area (Å²) in [5, 5.41) is 8.90. The summed E-state index contributed by atoms with van der Waals surface area (Å²) in [6.45, 7) is 2.76. The molecule has 0 amide bonds. The summed E-state index contributed by atoms with van der Waals surface area (Å²) < 4.78 is 32.7. The van der Waals surface area contributed by atoms with Crippen LogP contribution in [0.3, 0.4) is 0 Å². The Hall–Kier alpha value is -2.56. The number of carboxylic acids is 1. The van der Waals surface area contributed by atoms with Gasteiger partial charge in [-0.1, -0.05) is 184 Å². The Labute approximate surface area is 365 Å². The first-order valence-electron chi connectivity index (χ1n) is 23.7. The Bertz CT molecular complexity index is 1200. The normalized spacial score (nSPS) is 14.1. The number of phosphoric ester groups is 1. The molecule has 0 aliphatic heterocycles. The minimum absolute atomic E-state index is 0.156. The molecule has 0 heterocycles. The van der Waals surface area contributed by atoms with Crippen LogP contribution in [0.5, 0.6) is 0 Å². The summed E-state index contributed by atoms with van der Waals surface area (Å²) in [6, 6.07) is -1.53. The molecule has 0 saturated heterocycles. The molecule has 1 unspecified atom stereocenters. The van der Waals surface area contributed by atoms with Gasteiger partial charge in [0, 0.05) is 12.8 Å². The summed E-state index contributed by atoms with van der Waals surface area (Å²) in [5.74, 6) is -2.41. The number of esters is 2. The van der Waals surface area contributed by atoms with Crippen molar-refractivity contribution in [2.45, 2.75) is 219 Å². The molecule has 3 atom stereocenters. The molecule has 60 heavy (non-hydrogen) atoms. The molecule has 4 N–H and O–H groups in total. The van der Waals surface area contributed by atoms with Gasteiger partial charge in [-0.15, -0.1) is 0 Å². The fourth-order valence-corrected chi connectivity index (χ4v) is 7.12. The van der Waals surface area contributed by atoms with Crippen molar-refractivity contribution in [3.8, 4) is 0 Å². The number of hydrogen-bond acceptors (Lipinski definition) is 9. The van der Waals surface area contributed by atoms with Crippen molar-refractivity contribution >= 4 is 25.7 Å². The standard InChI is InChI=1S/C48H86NO10P/c1-3-5-7-9-11-13-15-17-19-21-22-24-25-27-29-31-33-35-37-39-46(50)56-41-44(42-57-60(54,55)58-43-45(49)48(52)53)59-47(51)40-38-36-34-32-30-28-26-23-20-18-16-14-12-10-8-6-4-2/h11,13,17,19,22,24,27,29,44-45H,3-10,12,14-16,18,20-21,23,25-26,28,30-43,49H2,1-2H3,(H,52,53)(H,54,55)/b13-11-,19-17-,24-22-,29-27-/t44-,45+/m1/s1. The number of nitrogens with two attached hydrogens (primary N) is 1. The van der Waals surface area contributed by atoms with Crippen LogP contribution in [0.4, 0.5) is 0 Å². The van der Waals surface area contributed by atoms with E-state index < -0.39 is 51.1 Å². The second-order valence-electron chi connectivity index (χ2n) is 15.9. The molecule has 0 fully saturated rings. The van der Waals surface area contributed by atoms with Gasteiger partial charge < -0.3 is 25.2 Å². The number of aliphatic carboxylic acids is 1. The summed E-state index contributed by atoms with van der Waals surface area (Å²) in [7, 11) is -4.73. The molecule has 0 aliphatic carbocycles. The molecule has 0 spiro atoms. The molecule has 0 aromatic carbocycles. The van der Waals surface area contributed by atoms with Crippen molar-refractivity contribution < 1.29 is 47.5 Å². The van der Waals surface area contributed by atoms with E-state index in [9.17, 15) is 23.8 Å². The Kier molecular flexibility index (Phi) is 41.3. The Morgan fingerprint density at radius 3 is 1.35 bits per heavy atom. The van der Waals surface area contributed by atoms with Gasteiger partial charge in [0.05, 0.1) is 13.2 Å². The molecular formula is C48H86NO10P. The Balaban J connectivity index is 4.36. The van der Waals surface area contributed by atoms with E-state index in [-0.39, 0.29) is 19.4 Å². The fraction of sp³-hybridized carbons (Fsp3) is 0.771. The molecule has 0 aromatic rings. The molecule has 11 nitrogen and oxygen atoms in total. The van der Waals surface area contributed by atoms with E-state index in [2.05, 4.69) is 67.0 Å². The summed E-state index contributed by atoms with van der Waals surface area (Å²) in [5.41, 5.74) is 5.34. The van der Waals surface area contributed by atoms with Crippen molar-refractivity contribution in [2.24, 2.45) is 5.73 Å². The minimum Gasteiger partial charge on any atom is -0.480 e. The molecule has 0 radical (unpaired) electrons. The van der Waals surface area contributed by atoms with Crippen molar-refractivity contribution in [1.29, 1.82) is 0 Å². The van der Waals surface area contributed by atoms with Crippen LogP contribution in [0.1, 0.15) is 206 Å². The highest BCUT2D eigenvalue weighted by atomic mass is 31.2. The van der Waals surface area contributed by atoms with Gasteiger partial charge in [-0.05, 0) is 57.8 Å². The smallest absolute Gasteiger partial charge is 0.472 e. The number of unbranched alkanes of at least 4 members (excludes halogenated alkanes) is 22. The van der Waals surface area contributed by atoms with Crippen LogP contribution in [-0.2, 0) is 37.5 Å². The van der Waals surface area contributed by atoms with E-state index in [0.29, 0.717) is 12.8 Å². The number of carbonyl (C=O) groups is 3. The lowest BCUT2D eigenvalue weighted by Gasteiger charge is -2.20. The van der Waals surface area contributed by atoms with Gasteiger partial charge in [0.1, 0.15) is 12.6 Å². The van der Waals surface area contributed by atoms with Crippen LogP contribution in [0.2, 0.25) is 0 Å². The summed E-state index contributed by atoms with van der Waals surface area (Å²) in [4.78, 5) is 46.1. The van der Waals surface area contributed by atoms with Gasteiger partial charge in [-0.25, -0.2) is 4.57 Å². The molecular weight excluding hydrogens is 781 g/mol. The van der Waals surface area contributed by atoms with E-state index >= 15 is 0 Å². The topological polar surface area (TPSA) is 172 Å². The van der Waals surface area contributed by atoms with E-state index in [1.165, 1.54) is 109 Å². The average Bonchev–Trinajstić information content (AvgIpc) is 3.22. The maximum Gasteiger partial charge on any atom is 0.472 e. The Morgan fingerprint density at radius 1 is 0.517 bits per heavy atom. The molecule has 0 aliphatic rings. The predicted octanol–water partition coefficient (Wildman–Crippen LogP) is 13.0. The molecule has 348 valence electrons. The van der Waals surface area contributed by atoms with Crippen LogP contribution in [0.25, 0.3) is 0 Å². The number of carboxylic acid groups (broad SMARTS) is 1. The number of phosphoric acid groups is 1. The van der Waals surface area contributed by atoms with Crippen LogP contribution in [-0.4, -0.2) is 59.9 Å². The Morgan fingerprint density at radius 2 is 0.883 bits per heavy atom. The van der Waals surface area contributed by atoms with Crippen LogP contribution in [0, 0.1) is 0 Å². The zero-order valence-corrected chi connectivity index (χ0v) is 38.7. The lowest BCUT2D eigenvalue weighted by atomic mass is 10.0. The maximum atomic E-state index is 12.7. The van der Waals surface area contributed by atoms with Crippen LogP contribution >= 0.6 is 7.82 Å². The predicted molar refractivity (Wildman–Crippen MR) is 245 cm³/mol. The quantitative estimate of drug-likeness (QED) is 0.0230. The summed E-state index contributed by atoms with van der Waals surface area (Å²) >= 11 is 0. The van der Waals surface area contributed by atoms with E-state index in [4.69, 9.17) is 24.8 Å². The highest BCUT2D eigenvalue weighted by Gasteiger charge is 2.28. The molecule has 12 heteroatoms. The van der Waals surface area contributed by atoms with Gasteiger partial charge in [-0.2, -0.15) is 0 Å². The first-order valence-corrected chi connectivity index (χ1v) is 25.2. The van der Waals surface area contributed by atoms with Gasteiger partial charge in [-0.3, -0.25) is 23.4 Å². The van der Waals surface area contributed by atoms with Crippen LogP contribution in [0.15, 0.2) is 48.6 Å². The van der Waals surface area contributed by atoms with E-state index in [1.807, 2.05) is 0 Å². The van der Waals surface area contributed by atoms with Crippen molar-refractivity contribution in [1.82, 2.24) is 0 Å². The zero-order chi connectivity index (χ0) is 44.2. The third kappa shape index (κ3) is 42.1. The van der Waals surface area contributed by atoms with Crippen LogP contribution < -0.4 is 5.73 Å². The van der Waals surface area contributed by atoms with Gasteiger partial charge in [0.15, 0.2) is 6.10 Å².